The molecule has 2 rings (SSSR count). The van der Waals surface area contributed by atoms with Crippen LogP contribution < -0.4 is 0 Å². The van der Waals surface area contributed by atoms with Crippen LogP contribution in [0, 0.1) is 5.92 Å². The van der Waals surface area contributed by atoms with Crippen LogP contribution in [0.3, 0.4) is 0 Å². The topological polar surface area (TPSA) is 76.2 Å². The second kappa shape index (κ2) is 3.40. The highest BCUT2D eigenvalue weighted by Crippen LogP contribution is 2.46. The van der Waals surface area contributed by atoms with E-state index in [4.69, 9.17) is 9.63 Å². The van der Waals surface area contributed by atoms with Crippen LogP contribution in [-0.4, -0.2) is 21.2 Å². The normalized spacial score (nSPS) is 24.9. The maximum atomic E-state index is 10.6. The Morgan fingerprint density at radius 3 is 3.07 bits per heavy atom. The Hall–Kier alpha value is -1.39. The first-order valence-electron chi connectivity index (χ1n) is 4.77. The molecule has 14 heavy (non-hydrogen) atoms. The number of rotatable bonds is 4. The maximum absolute atomic E-state index is 10.6. The van der Waals surface area contributed by atoms with Gasteiger partial charge in [0.1, 0.15) is 0 Å². The van der Waals surface area contributed by atoms with Crippen molar-refractivity contribution >= 4 is 5.97 Å². The van der Waals surface area contributed by atoms with Gasteiger partial charge in [-0.05, 0) is 12.8 Å². The predicted octanol–water partition coefficient (Wildman–Crippen LogP) is 1.21. The lowest BCUT2D eigenvalue weighted by Gasteiger charge is -1.86. The van der Waals surface area contributed by atoms with Crippen molar-refractivity contribution in [2.24, 2.45) is 5.92 Å². The highest BCUT2D eigenvalue weighted by atomic mass is 16.5. The lowest BCUT2D eigenvalue weighted by Crippen LogP contribution is -1.99. The lowest BCUT2D eigenvalue weighted by molar-refractivity contribution is -0.138. The fourth-order valence-corrected chi connectivity index (χ4v) is 1.48. The molecule has 5 heteroatoms. The summed E-state index contributed by atoms with van der Waals surface area (Å²) in [4.78, 5) is 14.7. The Labute approximate surface area is 81.1 Å². The summed E-state index contributed by atoms with van der Waals surface area (Å²) in [5.41, 5.74) is 0. The molecule has 2 unspecified atom stereocenters. The van der Waals surface area contributed by atoms with Gasteiger partial charge in [-0.15, -0.1) is 0 Å². The van der Waals surface area contributed by atoms with Crippen LogP contribution >= 0.6 is 0 Å². The molecule has 1 fully saturated rings. The average molecular weight is 196 g/mol. The van der Waals surface area contributed by atoms with E-state index in [1.54, 1.807) is 0 Å². The molecule has 0 radical (unpaired) electrons. The van der Waals surface area contributed by atoms with Crippen molar-refractivity contribution in [3.63, 3.8) is 0 Å². The Morgan fingerprint density at radius 2 is 2.50 bits per heavy atom. The molecule has 1 heterocycles. The highest BCUT2D eigenvalue weighted by Gasteiger charge is 2.48. The molecule has 5 nitrogen and oxygen atoms in total. The summed E-state index contributed by atoms with van der Waals surface area (Å²) in [6, 6.07) is 0. The van der Waals surface area contributed by atoms with E-state index in [0.29, 0.717) is 18.1 Å². The first-order valence-corrected chi connectivity index (χ1v) is 4.77. The maximum Gasteiger partial charge on any atom is 0.307 e. The molecule has 1 aromatic heterocycles. The number of carbonyl (C=O) groups is 1. The molecular weight excluding hydrogens is 184 g/mol. The SMILES string of the molecule is CCCc1noc(C2CC2C(=O)O)n1. The van der Waals surface area contributed by atoms with E-state index in [2.05, 4.69) is 10.1 Å². The van der Waals surface area contributed by atoms with Crippen molar-refractivity contribution in [3.05, 3.63) is 11.7 Å². The van der Waals surface area contributed by atoms with Crippen molar-refractivity contribution in [3.8, 4) is 0 Å². The number of aliphatic carboxylic acids is 1. The van der Waals surface area contributed by atoms with Gasteiger partial charge >= 0.3 is 5.97 Å². The second-order valence-corrected chi connectivity index (χ2v) is 3.59. The number of hydrogen-bond acceptors (Lipinski definition) is 4. The van der Waals surface area contributed by atoms with Gasteiger partial charge in [0.2, 0.25) is 5.89 Å². The van der Waals surface area contributed by atoms with Crippen molar-refractivity contribution in [1.29, 1.82) is 0 Å². The zero-order chi connectivity index (χ0) is 10.1. The molecule has 1 N–H and O–H groups in total. The Bertz CT molecular complexity index is 348. The van der Waals surface area contributed by atoms with Crippen molar-refractivity contribution in [2.45, 2.75) is 32.1 Å². The molecule has 1 aliphatic carbocycles. The largest absolute Gasteiger partial charge is 0.481 e. The van der Waals surface area contributed by atoms with E-state index in [0.717, 1.165) is 12.8 Å². The third-order valence-corrected chi connectivity index (χ3v) is 2.38. The zero-order valence-corrected chi connectivity index (χ0v) is 7.93. The van der Waals surface area contributed by atoms with Gasteiger partial charge in [-0.3, -0.25) is 4.79 Å². The van der Waals surface area contributed by atoms with Crippen LogP contribution in [0.5, 0.6) is 0 Å². The van der Waals surface area contributed by atoms with Gasteiger partial charge in [0.25, 0.3) is 0 Å². The van der Waals surface area contributed by atoms with Crippen molar-refractivity contribution in [1.82, 2.24) is 10.1 Å². The lowest BCUT2D eigenvalue weighted by atomic mass is 10.3. The first-order chi connectivity index (χ1) is 6.72. The summed E-state index contributed by atoms with van der Waals surface area (Å²) in [7, 11) is 0. The number of aromatic nitrogens is 2. The second-order valence-electron chi connectivity index (χ2n) is 3.59. The average Bonchev–Trinajstić information content (AvgIpc) is 2.82. The minimum absolute atomic E-state index is 0.0504. The minimum Gasteiger partial charge on any atom is -0.481 e. The van der Waals surface area contributed by atoms with Crippen LogP contribution in [0.1, 0.15) is 37.4 Å². The van der Waals surface area contributed by atoms with Gasteiger partial charge in [0, 0.05) is 6.42 Å². The molecule has 76 valence electrons. The monoisotopic (exact) mass is 196 g/mol. The summed E-state index contributed by atoms with van der Waals surface area (Å²) < 4.78 is 5.00. The van der Waals surface area contributed by atoms with E-state index in [1.165, 1.54) is 0 Å². The molecule has 0 amide bonds. The standard InChI is InChI=1S/C9H12N2O3/c1-2-3-7-10-8(14-11-7)5-4-6(5)9(12)13/h5-6H,2-4H2,1H3,(H,12,13). The quantitative estimate of drug-likeness (QED) is 0.783. The molecule has 1 aromatic rings. The molecular formula is C9H12N2O3. The van der Waals surface area contributed by atoms with Crippen LogP contribution in [0.25, 0.3) is 0 Å². The molecule has 0 spiro atoms. The smallest absolute Gasteiger partial charge is 0.307 e. The predicted molar refractivity (Wildman–Crippen MR) is 46.8 cm³/mol. The summed E-state index contributed by atoms with van der Waals surface area (Å²) in [5.74, 6) is 0.0279. The summed E-state index contributed by atoms with van der Waals surface area (Å²) >= 11 is 0. The van der Waals surface area contributed by atoms with Gasteiger partial charge in [-0.2, -0.15) is 4.98 Å². The fourth-order valence-electron chi connectivity index (χ4n) is 1.48. The van der Waals surface area contributed by atoms with Gasteiger partial charge in [0.05, 0.1) is 11.8 Å². The molecule has 0 aliphatic heterocycles. The molecule has 1 saturated carbocycles. The fraction of sp³-hybridized carbons (Fsp3) is 0.667. The number of hydrogen-bond donors (Lipinski definition) is 1. The van der Waals surface area contributed by atoms with Crippen LogP contribution in [0.4, 0.5) is 0 Å². The third kappa shape index (κ3) is 1.62. The van der Waals surface area contributed by atoms with Crippen LogP contribution in [-0.2, 0) is 11.2 Å². The van der Waals surface area contributed by atoms with Gasteiger partial charge < -0.3 is 9.63 Å². The Morgan fingerprint density at radius 1 is 1.71 bits per heavy atom. The van der Waals surface area contributed by atoms with Crippen LogP contribution in [0.2, 0.25) is 0 Å². The molecule has 0 bridgehead atoms. The minimum atomic E-state index is -0.773. The number of carboxylic acids is 1. The summed E-state index contributed by atoms with van der Waals surface area (Å²) in [5, 5.41) is 12.5. The zero-order valence-electron chi connectivity index (χ0n) is 7.93. The van der Waals surface area contributed by atoms with Gasteiger partial charge in [-0.1, -0.05) is 12.1 Å². The van der Waals surface area contributed by atoms with Gasteiger partial charge in [-0.25, -0.2) is 0 Å². The number of nitrogens with zero attached hydrogens (tertiary/aromatic N) is 2. The first kappa shape index (κ1) is 9.18. The van der Waals surface area contributed by atoms with Crippen LogP contribution in [0.15, 0.2) is 4.52 Å². The van der Waals surface area contributed by atoms with Crippen molar-refractivity contribution in [2.75, 3.05) is 0 Å². The molecule has 2 atom stereocenters. The Balaban J connectivity index is 2.01. The van der Waals surface area contributed by atoms with E-state index >= 15 is 0 Å². The molecule has 1 aliphatic rings. The highest BCUT2D eigenvalue weighted by molar-refractivity contribution is 5.74. The summed E-state index contributed by atoms with van der Waals surface area (Å²) in [6.07, 6.45) is 2.38. The number of aryl methyl sites for hydroxylation is 1. The molecule has 0 aromatic carbocycles. The Kier molecular flexibility index (Phi) is 2.23. The molecule has 0 saturated heterocycles. The van der Waals surface area contributed by atoms with E-state index in [1.807, 2.05) is 6.92 Å². The third-order valence-electron chi connectivity index (χ3n) is 2.38. The van der Waals surface area contributed by atoms with E-state index in [9.17, 15) is 4.79 Å². The van der Waals surface area contributed by atoms with E-state index in [-0.39, 0.29) is 11.8 Å². The van der Waals surface area contributed by atoms with Gasteiger partial charge in [0.15, 0.2) is 5.82 Å². The van der Waals surface area contributed by atoms with E-state index < -0.39 is 5.97 Å². The summed E-state index contributed by atoms with van der Waals surface area (Å²) in [6.45, 7) is 2.03. The number of carboxylic acid groups (broad SMARTS) is 1. The van der Waals surface area contributed by atoms with Crippen molar-refractivity contribution < 1.29 is 14.4 Å².